The zero-order chi connectivity index (χ0) is 14.2. The van der Waals surface area contributed by atoms with Crippen LogP contribution in [0.1, 0.15) is 37.7 Å². The molecule has 0 radical (unpaired) electrons. The van der Waals surface area contributed by atoms with Crippen molar-refractivity contribution in [2.75, 3.05) is 13.2 Å². The molecule has 0 saturated carbocycles. The topological polar surface area (TPSA) is 56.5 Å². The second-order valence-corrected chi connectivity index (χ2v) is 5.53. The first-order chi connectivity index (χ1) is 9.78. The van der Waals surface area contributed by atoms with Gasteiger partial charge in [-0.1, -0.05) is 12.1 Å². The predicted octanol–water partition coefficient (Wildman–Crippen LogP) is 2.56. The van der Waals surface area contributed by atoms with E-state index in [1.807, 2.05) is 12.1 Å². The van der Waals surface area contributed by atoms with Crippen molar-refractivity contribution < 1.29 is 9.47 Å². The molecule has 1 aliphatic heterocycles. The second kappa shape index (κ2) is 8.25. The zero-order valence-corrected chi connectivity index (χ0v) is 12.3. The average Bonchev–Trinajstić information content (AvgIpc) is 2.96. The Bertz CT molecular complexity index is 392. The SMILES string of the molecule is Cc1cccc(OCCC(CCC2CCCO2)NN)c1. The molecule has 0 spiro atoms. The summed E-state index contributed by atoms with van der Waals surface area (Å²) in [6.45, 7) is 3.67. The number of nitrogens with two attached hydrogens (primary N) is 1. The van der Waals surface area contributed by atoms with E-state index in [-0.39, 0.29) is 0 Å². The van der Waals surface area contributed by atoms with Crippen molar-refractivity contribution in [2.45, 2.75) is 51.2 Å². The maximum atomic E-state index is 5.76. The fourth-order valence-corrected chi connectivity index (χ4v) is 2.59. The molecule has 1 fully saturated rings. The third-order valence-corrected chi connectivity index (χ3v) is 3.82. The van der Waals surface area contributed by atoms with E-state index < -0.39 is 0 Å². The van der Waals surface area contributed by atoms with Crippen LogP contribution in [0.2, 0.25) is 0 Å². The fourth-order valence-electron chi connectivity index (χ4n) is 2.59. The Morgan fingerprint density at radius 1 is 1.45 bits per heavy atom. The van der Waals surface area contributed by atoms with Crippen LogP contribution in [0.25, 0.3) is 0 Å². The van der Waals surface area contributed by atoms with Crippen molar-refractivity contribution in [3.8, 4) is 5.75 Å². The highest BCUT2D eigenvalue weighted by Gasteiger charge is 2.17. The van der Waals surface area contributed by atoms with Crippen LogP contribution < -0.4 is 16.0 Å². The molecule has 1 aromatic carbocycles. The summed E-state index contributed by atoms with van der Waals surface area (Å²) in [7, 11) is 0. The molecule has 0 aliphatic carbocycles. The third-order valence-electron chi connectivity index (χ3n) is 3.82. The minimum absolute atomic E-state index is 0.295. The molecule has 1 heterocycles. The molecule has 0 bridgehead atoms. The Hall–Kier alpha value is -1.10. The molecule has 4 nitrogen and oxygen atoms in total. The van der Waals surface area contributed by atoms with Crippen LogP contribution >= 0.6 is 0 Å². The van der Waals surface area contributed by atoms with Gasteiger partial charge in [0.1, 0.15) is 5.75 Å². The highest BCUT2D eigenvalue weighted by atomic mass is 16.5. The highest BCUT2D eigenvalue weighted by Crippen LogP contribution is 2.18. The quantitative estimate of drug-likeness (QED) is 0.567. The van der Waals surface area contributed by atoms with Gasteiger partial charge in [-0.2, -0.15) is 0 Å². The molecule has 0 aromatic heterocycles. The number of rotatable bonds is 8. The normalized spacial score (nSPS) is 20.0. The number of benzene rings is 1. The Labute approximate surface area is 121 Å². The maximum Gasteiger partial charge on any atom is 0.119 e. The summed E-state index contributed by atoms with van der Waals surface area (Å²) in [5.74, 6) is 6.55. The van der Waals surface area contributed by atoms with Crippen LogP contribution in [0.4, 0.5) is 0 Å². The van der Waals surface area contributed by atoms with Gasteiger partial charge in [0, 0.05) is 12.6 Å². The van der Waals surface area contributed by atoms with Gasteiger partial charge in [-0.3, -0.25) is 11.3 Å². The Kier molecular flexibility index (Phi) is 6.30. The van der Waals surface area contributed by atoms with Gasteiger partial charge in [-0.05, 0) is 56.7 Å². The summed E-state index contributed by atoms with van der Waals surface area (Å²) >= 11 is 0. The molecule has 112 valence electrons. The average molecular weight is 278 g/mol. The molecule has 4 heteroatoms. The van der Waals surface area contributed by atoms with Crippen LogP contribution in [0.5, 0.6) is 5.75 Å². The minimum Gasteiger partial charge on any atom is -0.494 e. The first kappa shape index (κ1) is 15.3. The minimum atomic E-state index is 0.295. The van der Waals surface area contributed by atoms with E-state index in [9.17, 15) is 0 Å². The second-order valence-electron chi connectivity index (χ2n) is 5.53. The molecule has 1 aliphatic rings. The summed E-state index contributed by atoms with van der Waals surface area (Å²) in [6, 6.07) is 8.42. The van der Waals surface area contributed by atoms with Gasteiger partial charge in [-0.25, -0.2) is 0 Å². The van der Waals surface area contributed by atoms with Crippen molar-refractivity contribution in [3.63, 3.8) is 0 Å². The van der Waals surface area contributed by atoms with Crippen LogP contribution in [0.3, 0.4) is 0 Å². The summed E-state index contributed by atoms with van der Waals surface area (Å²) in [6.07, 6.45) is 5.86. The molecule has 1 aromatic rings. The van der Waals surface area contributed by atoms with E-state index in [1.54, 1.807) is 0 Å². The lowest BCUT2D eigenvalue weighted by atomic mass is 10.0. The monoisotopic (exact) mass is 278 g/mol. The van der Waals surface area contributed by atoms with Gasteiger partial charge in [0.2, 0.25) is 0 Å². The third kappa shape index (κ3) is 5.12. The molecule has 1 saturated heterocycles. The number of nitrogens with one attached hydrogen (secondary N) is 1. The number of ether oxygens (including phenoxy) is 2. The summed E-state index contributed by atoms with van der Waals surface area (Å²) in [5, 5.41) is 0. The summed E-state index contributed by atoms with van der Waals surface area (Å²) in [4.78, 5) is 0. The first-order valence-corrected chi connectivity index (χ1v) is 7.55. The van der Waals surface area contributed by atoms with Crippen LogP contribution in [0, 0.1) is 6.92 Å². The highest BCUT2D eigenvalue weighted by molar-refractivity contribution is 5.27. The number of hydrazine groups is 1. The lowest BCUT2D eigenvalue weighted by Crippen LogP contribution is -2.36. The lowest BCUT2D eigenvalue weighted by Gasteiger charge is -2.18. The van der Waals surface area contributed by atoms with Crippen LogP contribution in [-0.2, 0) is 4.74 Å². The van der Waals surface area contributed by atoms with Gasteiger partial charge in [-0.15, -0.1) is 0 Å². The van der Waals surface area contributed by atoms with Crippen LogP contribution in [-0.4, -0.2) is 25.4 Å². The maximum absolute atomic E-state index is 5.76. The van der Waals surface area contributed by atoms with Crippen LogP contribution in [0.15, 0.2) is 24.3 Å². The first-order valence-electron chi connectivity index (χ1n) is 7.55. The Morgan fingerprint density at radius 2 is 2.35 bits per heavy atom. The molecule has 20 heavy (non-hydrogen) atoms. The van der Waals surface area contributed by atoms with E-state index in [1.165, 1.54) is 18.4 Å². The molecular weight excluding hydrogens is 252 g/mol. The van der Waals surface area contributed by atoms with Gasteiger partial charge >= 0.3 is 0 Å². The van der Waals surface area contributed by atoms with E-state index in [2.05, 4.69) is 24.5 Å². The van der Waals surface area contributed by atoms with Gasteiger partial charge in [0.25, 0.3) is 0 Å². The van der Waals surface area contributed by atoms with Crippen molar-refractivity contribution in [3.05, 3.63) is 29.8 Å². The number of hydrogen-bond donors (Lipinski definition) is 2. The fraction of sp³-hybridized carbons (Fsp3) is 0.625. The van der Waals surface area contributed by atoms with E-state index in [0.717, 1.165) is 31.6 Å². The number of aryl methyl sites for hydroxylation is 1. The van der Waals surface area contributed by atoms with Crippen molar-refractivity contribution in [1.29, 1.82) is 0 Å². The summed E-state index contributed by atoms with van der Waals surface area (Å²) in [5.41, 5.74) is 4.11. The van der Waals surface area contributed by atoms with Crippen molar-refractivity contribution >= 4 is 0 Å². The Balaban J connectivity index is 1.65. The number of hydrogen-bond acceptors (Lipinski definition) is 4. The standard InChI is InChI=1S/C16H26N2O2/c1-13-4-2-5-16(12-13)20-11-9-14(18-17)7-8-15-6-3-10-19-15/h2,4-5,12,14-15,18H,3,6-11,17H2,1H3. The lowest BCUT2D eigenvalue weighted by molar-refractivity contribution is 0.0986. The largest absolute Gasteiger partial charge is 0.494 e. The molecule has 3 N–H and O–H groups in total. The van der Waals surface area contributed by atoms with Gasteiger partial charge in [0.05, 0.1) is 12.7 Å². The summed E-state index contributed by atoms with van der Waals surface area (Å²) < 4.78 is 11.4. The van der Waals surface area contributed by atoms with E-state index in [0.29, 0.717) is 18.8 Å². The Morgan fingerprint density at radius 3 is 3.05 bits per heavy atom. The van der Waals surface area contributed by atoms with E-state index in [4.69, 9.17) is 15.3 Å². The molecule has 2 atom stereocenters. The van der Waals surface area contributed by atoms with Gasteiger partial charge in [0.15, 0.2) is 0 Å². The zero-order valence-electron chi connectivity index (χ0n) is 12.3. The molecule has 2 rings (SSSR count). The molecule has 0 amide bonds. The smallest absolute Gasteiger partial charge is 0.119 e. The van der Waals surface area contributed by atoms with E-state index >= 15 is 0 Å². The van der Waals surface area contributed by atoms with Crippen molar-refractivity contribution in [2.24, 2.45) is 5.84 Å². The molecule has 2 unspecified atom stereocenters. The van der Waals surface area contributed by atoms with Gasteiger partial charge < -0.3 is 9.47 Å². The molecular formula is C16H26N2O2. The van der Waals surface area contributed by atoms with Crippen molar-refractivity contribution in [1.82, 2.24) is 5.43 Å². The predicted molar refractivity (Wildman–Crippen MR) is 80.6 cm³/mol.